The van der Waals surface area contributed by atoms with Crippen LogP contribution in [0.5, 0.6) is 0 Å². The van der Waals surface area contributed by atoms with Crippen molar-refractivity contribution in [3.8, 4) is 0 Å². The van der Waals surface area contributed by atoms with Crippen molar-refractivity contribution in [1.82, 2.24) is 5.32 Å². The molecule has 1 N–H and O–H groups in total. The molecular formula is C16H21Cl2NO2S. The van der Waals surface area contributed by atoms with Gasteiger partial charge in [-0.3, -0.25) is 4.79 Å². The Kier molecular flexibility index (Phi) is 8.76. The molecule has 1 unspecified atom stereocenters. The number of halogens is 2. The summed E-state index contributed by atoms with van der Waals surface area (Å²) in [7, 11) is 0. The van der Waals surface area contributed by atoms with Gasteiger partial charge in [-0.05, 0) is 43.3 Å². The Bertz CT molecular complexity index is 503. The van der Waals surface area contributed by atoms with Crippen LogP contribution in [0.25, 0.3) is 0 Å². The van der Waals surface area contributed by atoms with E-state index in [9.17, 15) is 4.79 Å². The SMILES string of the molecule is CCCCOC(=S)C(CCC)NC(=O)c1cc(Cl)cc(Cl)c1. The molecule has 0 bridgehead atoms. The topological polar surface area (TPSA) is 38.3 Å². The van der Waals surface area contributed by atoms with Gasteiger partial charge >= 0.3 is 0 Å². The summed E-state index contributed by atoms with van der Waals surface area (Å²) >= 11 is 17.1. The number of nitrogens with one attached hydrogen (secondary N) is 1. The molecule has 1 rings (SSSR count). The third kappa shape index (κ3) is 6.51. The highest BCUT2D eigenvalue weighted by atomic mass is 35.5. The van der Waals surface area contributed by atoms with Crippen LogP contribution < -0.4 is 5.32 Å². The lowest BCUT2D eigenvalue weighted by Crippen LogP contribution is -2.41. The first kappa shape index (κ1) is 19.2. The summed E-state index contributed by atoms with van der Waals surface area (Å²) in [6, 6.07) is 4.45. The van der Waals surface area contributed by atoms with Gasteiger partial charge in [0, 0.05) is 15.6 Å². The van der Waals surface area contributed by atoms with Crippen molar-refractivity contribution in [2.75, 3.05) is 6.61 Å². The molecule has 0 heterocycles. The minimum Gasteiger partial charge on any atom is -0.485 e. The van der Waals surface area contributed by atoms with Gasteiger partial charge in [0.25, 0.3) is 5.91 Å². The number of unbranched alkanes of at least 4 members (excludes halogenated alkanes) is 1. The first-order chi connectivity index (χ1) is 10.5. The zero-order valence-electron chi connectivity index (χ0n) is 12.8. The highest BCUT2D eigenvalue weighted by molar-refractivity contribution is 7.80. The average molecular weight is 362 g/mol. The Labute approximate surface area is 147 Å². The Morgan fingerprint density at radius 3 is 2.41 bits per heavy atom. The molecule has 0 aliphatic heterocycles. The maximum atomic E-state index is 12.3. The van der Waals surface area contributed by atoms with Crippen molar-refractivity contribution in [3.63, 3.8) is 0 Å². The number of carbonyl (C=O) groups excluding carboxylic acids is 1. The van der Waals surface area contributed by atoms with Gasteiger partial charge in [0.05, 0.1) is 12.6 Å². The summed E-state index contributed by atoms with van der Waals surface area (Å²) in [6.07, 6.45) is 3.59. The van der Waals surface area contributed by atoms with E-state index >= 15 is 0 Å². The van der Waals surface area contributed by atoms with Crippen LogP contribution >= 0.6 is 35.4 Å². The molecule has 3 nitrogen and oxygen atoms in total. The van der Waals surface area contributed by atoms with Gasteiger partial charge in [0.1, 0.15) is 0 Å². The monoisotopic (exact) mass is 361 g/mol. The van der Waals surface area contributed by atoms with E-state index < -0.39 is 0 Å². The van der Waals surface area contributed by atoms with Gasteiger partial charge in [0.15, 0.2) is 5.05 Å². The number of thiocarbonyl (C=S) groups is 1. The van der Waals surface area contributed by atoms with Crippen LogP contribution in [0.2, 0.25) is 10.0 Å². The second-order valence-electron chi connectivity index (χ2n) is 4.99. The predicted molar refractivity (Wildman–Crippen MR) is 96.1 cm³/mol. The summed E-state index contributed by atoms with van der Waals surface area (Å²) in [6.45, 7) is 4.69. The summed E-state index contributed by atoms with van der Waals surface area (Å²) in [4.78, 5) is 12.3. The van der Waals surface area contributed by atoms with Gasteiger partial charge in [-0.1, -0.05) is 49.9 Å². The molecule has 0 saturated carbocycles. The van der Waals surface area contributed by atoms with E-state index in [4.69, 9.17) is 40.2 Å². The van der Waals surface area contributed by atoms with E-state index in [0.717, 1.165) is 25.7 Å². The lowest BCUT2D eigenvalue weighted by atomic mass is 10.1. The number of amides is 1. The molecule has 0 aromatic heterocycles. The molecule has 22 heavy (non-hydrogen) atoms. The molecule has 122 valence electrons. The van der Waals surface area contributed by atoms with Crippen molar-refractivity contribution in [3.05, 3.63) is 33.8 Å². The molecule has 1 amide bonds. The Morgan fingerprint density at radius 2 is 1.86 bits per heavy atom. The van der Waals surface area contributed by atoms with Crippen LogP contribution in [0.3, 0.4) is 0 Å². The Balaban J connectivity index is 2.72. The number of benzene rings is 1. The molecule has 0 aliphatic rings. The summed E-state index contributed by atoms with van der Waals surface area (Å²) in [5.74, 6) is -0.260. The number of hydrogen-bond acceptors (Lipinski definition) is 3. The smallest absolute Gasteiger partial charge is 0.252 e. The normalized spacial score (nSPS) is 11.8. The van der Waals surface area contributed by atoms with E-state index in [-0.39, 0.29) is 11.9 Å². The van der Waals surface area contributed by atoms with Crippen LogP contribution in [0, 0.1) is 0 Å². The van der Waals surface area contributed by atoms with Crippen LogP contribution in [-0.4, -0.2) is 23.6 Å². The molecule has 1 atom stereocenters. The van der Waals surface area contributed by atoms with Gasteiger partial charge in [0.2, 0.25) is 0 Å². The van der Waals surface area contributed by atoms with Crippen molar-refractivity contribution in [1.29, 1.82) is 0 Å². The van der Waals surface area contributed by atoms with Crippen molar-refractivity contribution >= 4 is 46.4 Å². The predicted octanol–water partition coefficient (Wildman–Crippen LogP) is 5.04. The maximum Gasteiger partial charge on any atom is 0.252 e. The van der Waals surface area contributed by atoms with Gasteiger partial charge in [-0.15, -0.1) is 0 Å². The van der Waals surface area contributed by atoms with Crippen LogP contribution in [0.15, 0.2) is 18.2 Å². The minimum absolute atomic E-state index is 0.260. The highest BCUT2D eigenvalue weighted by Crippen LogP contribution is 2.19. The number of carbonyl (C=O) groups is 1. The standard InChI is InChI=1S/C16H21Cl2NO2S/c1-3-5-7-21-16(22)14(6-4-2)19-15(20)11-8-12(17)10-13(18)9-11/h8-10,14H,3-7H2,1-2H3,(H,19,20). The largest absolute Gasteiger partial charge is 0.485 e. The fraction of sp³-hybridized carbons (Fsp3) is 0.500. The number of ether oxygens (including phenoxy) is 1. The second kappa shape index (κ2) is 10.0. The zero-order valence-corrected chi connectivity index (χ0v) is 15.2. The van der Waals surface area contributed by atoms with Crippen LogP contribution in [0.1, 0.15) is 49.9 Å². The highest BCUT2D eigenvalue weighted by Gasteiger charge is 2.19. The molecule has 1 aromatic rings. The van der Waals surface area contributed by atoms with Crippen molar-refractivity contribution in [2.45, 2.75) is 45.6 Å². The molecule has 0 aliphatic carbocycles. The molecule has 6 heteroatoms. The molecular weight excluding hydrogens is 341 g/mol. The van der Waals surface area contributed by atoms with E-state index in [1.165, 1.54) is 0 Å². The van der Waals surface area contributed by atoms with Crippen molar-refractivity contribution in [2.24, 2.45) is 0 Å². The summed E-state index contributed by atoms with van der Waals surface area (Å²) < 4.78 is 5.55. The Hall–Kier alpha value is -0.840. The summed E-state index contributed by atoms with van der Waals surface area (Å²) in [5, 5.41) is 4.17. The lowest BCUT2D eigenvalue weighted by molar-refractivity contribution is 0.0941. The second-order valence-corrected chi connectivity index (χ2v) is 6.27. The fourth-order valence-electron chi connectivity index (χ4n) is 1.88. The molecule has 1 aromatic carbocycles. The van der Waals surface area contributed by atoms with Gasteiger partial charge < -0.3 is 10.1 Å². The summed E-state index contributed by atoms with van der Waals surface area (Å²) in [5.41, 5.74) is 0.412. The third-order valence-electron chi connectivity index (χ3n) is 3.03. The first-order valence-electron chi connectivity index (χ1n) is 7.41. The van der Waals surface area contributed by atoms with Crippen molar-refractivity contribution < 1.29 is 9.53 Å². The van der Waals surface area contributed by atoms with Crippen LogP contribution in [-0.2, 0) is 4.74 Å². The third-order valence-corrected chi connectivity index (χ3v) is 3.87. The quantitative estimate of drug-likeness (QED) is 0.520. The average Bonchev–Trinajstić information content (AvgIpc) is 2.45. The Morgan fingerprint density at radius 1 is 1.23 bits per heavy atom. The lowest BCUT2D eigenvalue weighted by Gasteiger charge is -2.19. The molecule has 0 spiro atoms. The molecule has 0 fully saturated rings. The maximum absolute atomic E-state index is 12.3. The minimum atomic E-state index is -0.290. The fourth-order valence-corrected chi connectivity index (χ4v) is 2.67. The van der Waals surface area contributed by atoms with E-state index in [2.05, 4.69) is 12.2 Å². The van der Waals surface area contributed by atoms with Gasteiger partial charge in [-0.25, -0.2) is 0 Å². The molecule has 0 saturated heterocycles. The molecule has 0 radical (unpaired) electrons. The zero-order chi connectivity index (χ0) is 16.5. The first-order valence-corrected chi connectivity index (χ1v) is 8.58. The van der Waals surface area contributed by atoms with E-state index in [1.54, 1.807) is 18.2 Å². The van der Waals surface area contributed by atoms with E-state index in [0.29, 0.717) is 27.3 Å². The number of hydrogen-bond donors (Lipinski definition) is 1. The number of rotatable bonds is 8. The van der Waals surface area contributed by atoms with Crippen LogP contribution in [0.4, 0.5) is 0 Å². The van der Waals surface area contributed by atoms with E-state index in [1.807, 2.05) is 6.92 Å². The van der Waals surface area contributed by atoms with Gasteiger partial charge in [-0.2, -0.15) is 0 Å².